The van der Waals surface area contributed by atoms with Crippen LogP contribution in [-0.2, 0) is 27.7 Å². The monoisotopic (exact) mass is 369 g/mol. The van der Waals surface area contributed by atoms with Crippen LogP contribution in [0.2, 0.25) is 0 Å². The molecule has 1 saturated carbocycles. The molecular weight excluding hydrogens is 338 g/mol. The maximum Gasteiger partial charge on any atom is 0.227 e. The zero-order valence-electron chi connectivity index (χ0n) is 15.3. The Bertz CT molecular complexity index is 645. The second-order valence-corrected chi connectivity index (χ2v) is 9.37. The molecule has 1 aromatic rings. The highest BCUT2D eigenvalue weighted by molar-refractivity contribution is 7.91. The number of nitrogens with zero attached hydrogens (tertiary/aromatic N) is 3. The van der Waals surface area contributed by atoms with Crippen LogP contribution >= 0.6 is 0 Å². The van der Waals surface area contributed by atoms with Crippen molar-refractivity contribution in [2.24, 2.45) is 5.92 Å². The van der Waals surface area contributed by atoms with Gasteiger partial charge in [0.2, 0.25) is 15.0 Å². The van der Waals surface area contributed by atoms with E-state index in [1.807, 2.05) is 4.57 Å². The summed E-state index contributed by atoms with van der Waals surface area (Å²) in [6.45, 7) is 3.98. The van der Waals surface area contributed by atoms with E-state index >= 15 is 0 Å². The van der Waals surface area contributed by atoms with Gasteiger partial charge < -0.3 is 9.30 Å². The van der Waals surface area contributed by atoms with E-state index in [-0.39, 0.29) is 16.8 Å². The van der Waals surface area contributed by atoms with E-state index in [1.165, 1.54) is 19.3 Å². The van der Waals surface area contributed by atoms with Crippen molar-refractivity contribution in [3.8, 4) is 0 Å². The number of sulfone groups is 1. The molecule has 1 aliphatic heterocycles. The first-order valence-electron chi connectivity index (χ1n) is 9.58. The third kappa shape index (κ3) is 4.83. The molecule has 1 saturated heterocycles. The third-order valence-corrected chi connectivity index (χ3v) is 7.26. The SMILES string of the molecule is COCCn1c(CN2CCCC2)cnc1S(=O)(=O)CC1CCCCC1. The molecule has 0 atom stereocenters. The normalized spacial score (nSPS) is 20.4. The fraction of sp³-hybridized carbons (Fsp3) is 0.833. The van der Waals surface area contributed by atoms with Crippen molar-refractivity contribution in [2.75, 3.05) is 32.6 Å². The molecule has 0 N–H and O–H groups in total. The summed E-state index contributed by atoms with van der Waals surface area (Å²) in [6, 6.07) is 0. The number of rotatable bonds is 8. The van der Waals surface area contributed by atoms with Crippen LogP contribution in [0.25, 0.3) is 0 Å². The van der Waals surface area contributed by atoms with Crippen LogP contribution in [0.1, 0.15) is 50.6 Å². The Morgan fingerprint density at radius 3 is 2.56 bits per heavy atom. The zero-order chi connectivity index (χ0) is 17.7. The average molecular weight is 370 g/mol. The van der Waals surface area contributed by atoms with Crippen LogP contribution in [0.4, 0.5) is 0 Å². The number of ether oxygens (including phenoxy) is 1. The Morgan fingerprint density at radius 1 is 1.16 bits per heavy atom. The number of methoxy groups -OCH3 is 1. The van der Waals surface area contributed by atoms with E-state index in [4.69, 9.17) is 4.74 Å². The van der Waals surface area contributed by atoms with Crippen molar-refractivity contribution in [3.05, 3.63) is 11.9 Å². The predicted molar refractivity (Wildman–Crippen MR) is 97.2 cm³/mol. The van der Waals surface area contributed by atoms with E-state index in [9.17, 15) is 8.42 Å². The lowest BCUT2D eigenvalue weighted by molar-refractivity contribution is 0.182. The molecule has 0 unspecified atom stereocenters. The van der Waals surface area contributed by atoms with Crippen molar-refractivity contribution < 1.29 is 13.2 Å². The van der Waals surface area contributed by atoms with Gasteiger partial charge in [-0.05, 0) is 44.7 Å². The molecule has 1 aliphatic carbocycles. The minimum atomic E-state index is -3.36. The Morgan fingerprint density at radius 2 is 1.88 bits per heavy atom. The second kappa shape index (κ2) is 8.64. The number of imidazole rings is 1. The van der Waals surface area contributed by atoms with Gasteiger partial charge in [-0.3, -0.25) is 4.90 Å². The van der Waals surface area contributed by atoms with E-state index in [0.29, 0.717) is 13.2 Å². The first kappa shape index (κ1) is 18.9. The molecule has 0 spiro atoms. The first-order chi connectivity index (χ1) is 12.1. The topological polar surface area (TPSA) is 64.4 Å². The van der Waals surface area contributed by atoms with Crippen LogP contribution < -0.4 is 0 Å². The lowest BCUT2D eigenvalue weighted by Gasteiger charge is -2.22. The van der Waals surface area contributed by atoms with Crippen molar-refractivity contribution in [1.82, 2.24) is 14.5 Å². The molecule has 3 rings (SSSR count). The van der Waals surface area contributed by atoms with Gasteiger partial charge in [0.15, 0.2) is 0 Å². The molecule has 0 radical (unpaired) electrons. The van der Waals surface area contributed by atoms with Crippen LogP contribution in [0.3, 0.4) is 0 Å². The molecule has 2 fully saturated rings. The van der Waals surface area contributed by atoms with Crippen molar-refractivity contribution in [3.63, 3.8) is 0 Å². The molecule has 6 nitrogen and oxygen atoms in total. The zero-order valence-corrected chi connectivity index (χ0v) is 16.1. The number of hydrogen-bond donors (Lipinski definition) is 0. The minimum absolute atomic E-state index is 0.236. The Hall–Kier alpha value is -0.920. The molecule has 25 heavy (non-hydrogen) atoms. The quantitative estimate of drug-likeness (QED) is 0.704. The second-order valence-electron chi connectivity index (χ2n) is 7.45. The van der Waals surface area contributed by atoms with Gasteiger partial charge in [0.1, 0.15) is 0 Å². The van der Waals surface area contributed by atoms with Gasteiger partial charge in [-0.15, -0.1) is 0 Å². The van der Waals surface area contributed by atoms with Crippen LogP contribution in [0.5, 0.6) is 0 Å². The Kier molecular flexibility index (Phi) is 6.52. The lowest BCUT2D eigenvalue weighted by Crippen LogP contribution is -2.25. The summed E-state index contributed by atoms with van der Waals surface area (Å²) in [7, 11) is -1.71. The summed E-state index contributed by atoms with van der Waals surface area (Å²) < 4.78 is 33.1. The molecule has 0 bridgehead atoms. The van der Waals surface area contributed by atoms with E-state index < -0.39 is 9.84 Å². The summed E-state index contributed by atoms with van der Waals surface area (Å²) in [4.78, 5) is 6.71. The fourth-order valence-corrected chi connectivity index (χ4v) is 5.96. The molecule has 2 heterocycles. The Balaban J connectivity index is 1.79. The third-order valence-electron chi connectivity index (χ3n) is 5.46. The van der Waals surface area contributed by atoms with E-state index in [1.54, 1.807) is 13.3 Å². The van der Waals surface area contributed by atoms with E-state index in [0.717, 1.165) is 51.0 Å². The van der Waals surface area contributed by atoms with Gasteiger partial charge in [0.05, 0.1) is 24.3 Å². The fourth-order valence-electron chi connectivity index (χ4n) is 4.10. The van der Waals surface area contributed by atoms with Gasteiger partial charge in [0, 0.05) is 20.2 Å². The first-order valence-corrected chi connectivity index (χ1v) is 11.2. The minimum Gasteiger partial charge on any atom is -0.383 e. The molecule has 0 aromatic carbocycles. The van der Waals surface area contributed by atoms with Crippen LogP contribution in [-0.4, -0.2) is 55.4 Å². The number of likely N-dealkylation sites (tertiary alicyclic amines) is 1. The van der Waals surface area contributed by atoms with Crippen molar-refractivity contribution in [1.29, 1.82) is 0 Å². The molecule has 0 amide bonds. The summed E-state index contributed by atoms with van der Waals surface area (Å²) >= 11 is 0. The predicted octanol–water partition coefficient (Wildman–Crippen LogP) is 2.48. The maximum absolute atomic E-state index is 13.0. The molecule has 7 heteroatoms. The highest BCUT2D eigenvalue weighted by Crippen LogP contribution is 2.27. The standard InChI is InChI=1S/C18H31N3O3S/c1-24-12-11-21-17(14-20-9-5-6-10-20)13-19-18(21)25(22,23)15-16-7-3-2-4-8-16/h13,16H,2-12,14-15H2,1H3. The number of hydrogen-bond acceptors (Lipinski definition) is 5. The lowest BCUT2D eigenvalue weighted by atomic mass is 9.91. The summed E-state index contributed by atoms with van der Waals surface area (Å²) in [6.07, 6.45) is 9.78. The summed E-state index contributed by atoms with van der Waals surface area (Å²) in [5.41, 5.74) is 0.987. The highest BCUT2D eigenvalue weighted by Gasteiger charge is 2.28. The smallest absolute Gasteiger partial charge is 0.227 e. The van der Waals surface area contributed by atoms with Crippen molar-refractivity contribution >= 4 is 9.84 Å². The largest absolute Gasteiger partial charge is 0.383 e. The summed E-state index contributed by atoms with van der Waals surface area (Å²) in [5.74, 6) is 0.522. The highest BCUT2D eigenvalue weighted by atomic mass is 32.2. The maximum atomic E-state index is 13.0. The number of aromatic nitrogens is 2. The molecular formula is C18H31N3O3S. The van der Waals surface area contributed by atoms with Gasteiger partial charge in [-0.2, -0.15) is 0 Å². The van der Waals surface area contributed by atoms with Gasteiger partial charge in [-0.1, -0.05) is 19.3 Å². The van der Waals surface area contributed by atoms with Gasteiger partial charge in [0.25, 0.3) is 0 Å². The van der Waals surface area contributed by atoms with Crippen LogP contribution in [0, 0.1) is 5.92 Å². The Labute approximate surface area is 151 Å². The van der Waals surface area contributed by atoms with Crippen molar-refractivity contribution in [2.45, 2.75) is 63.2 Å². The molecule has 142 valence electrons. The molecule has 2 aliphatic rings. The summed E-state index contributed by atoms with van der Waals surface area (Å²) in [5, 5.41) is 0.240. The van der Waals surface area contributed by atoms with E-state index in [2.05, 4.69) is 9.88 Å². The average Bonchev–Trinajstić information content (AvgIpc) is 3.24. The van der Waals surface area contributed by atoms with Gasteiger partial charge in [-0.25, -0.2) is 13.4 Å². The van der Waals surface area contributed by atoms with Gasteiger partial charge >= 0.3 is 0 Å². The molecule has 1 aromatic heterocycles. The van der Waals surface area contributed by atoms with Crippen LogP contribution in [0.15, 0.2) is 11.4 Å².